The zero-order valence-electron chi connectivity index (χ0n) is 13.0. The van der Waals surface area contributed by atoms with Gasteiger partial charge in [0.05, 0.1) is 17.9 Å². The van der Waals surface area contributed by atoms with E-state index in [1.807, 2.05) is 26.0 Å². The average Bonchev–Trinajstić information content (AvgIpc) is 3.29. The van der Waals surface area contributed by atoms with Gasteiger partial charge in [-0.2, -0.15) is 10.2 Å². The fraction of sp³-hybridized carbons (Fsp3) is 0.200. The monoisotopic (exact) mass is 342 g/mol. The van der Waals surface area contributed by atoms with Crippen molar-refractivity contribution in [1.29, 1.82) is 0 Å². The molecule has 1 unspecified atom stereocenters. The van der Waals surface area contributed by atoms with Crippen molar-refractivity contribution in [1.82, 2.24) is 30.1 Å². The second-order valence-corrected chi connectivity index (χ2v) is 6.22. The number of H-pyrrole nitrogens is 1. The number of furan rings is 1. The molecule has 0 aliphatic rings. The molecule has 0 fully saturated rings. The van der Waals surface area contributed by atoms with Gasteiger partial charge in [0.1, 0.15) is 17.0 Å². The first-order chi connectivity index (χ1) is 11.6. The summed E-state index contributed by atoms with van der Waals surface area (Å²) in [5.41, 5.74) is 3.43. The maximum atomic E-state index is 12.4. The predicted octanol–water partition coefficient (Wildman–Crippen LogP) is 2.57. The lowest BCUT2D eigenvalue weighted by Crippen LogP contribution is -2.27. The number of nitrogens with zero attached hydrogens (tertiary/aromatic N) is 4. The number of rotatable bonds is 4. The normalized spacial score (nSPS) is 12.6. The molecule has 1 atom stereocenters. The summed E-state index contributed by atoms with van der Waals surface area (Å²) in [5.74, 6) is 1.16. The minimum absolute atomic E-state index is 0.252. The standard InChI is InChI=1S/C15H14N6O2S/c1-8-3-4-13(23-8)10-5-11(20-19-10)14(22)17-9(2)12-6-21-15(18-12)24-7-16-21/h3-7,9H,1-2H3,(H,17,22)(H,19,20). The van der Waals surface area contributed by atoms with Gasteiger partial charge in [0.2, 0.25) is 4.96 Å². The van der Waals surface area contributed by atoms with E-state index in [1.165, 1.54) is 11.3 Å². The summed E-state index contributed by atoms with van der Waals surface area (Å²) < 4.78 is 7.21. The SMILES string of the molecule is Cc1ccc(-c2cc(C(=O)NC(C)c3cn4ncsc4n3)n[nH]2)o1. The fourth-order valence-corrected chi connectivity index (χ4v) is 2.96. The van der Waals surface area contributed by atoms with Gasteiger partial charge in [-0.15, -0.1) is 0 Å². The second-order valence-electron chi connectivity index (χ2n) is 5.40. The van der Waals surface area contributed by atoms with Crippen LogP contribution in [-0.4, -0.2) is 30.7 Å². The summed E-state index contributed by atoms with van der Waals surface area (Å²) in [4.78, 5) is 17.6. The third-order valence-corrected chi connectivity index (χ3v) is 4.30. The van der Waals surface area contributed by atoms with Crippen LogP contribution in [-0.2, 0) is 0 Å². The number of aryl methyl sites for hydroxylation is 1. The van der Waals surface area contributed by atoms with Gasteiger partial charge in [0, 0.05) is 6.07 Å². The van der Waals surface area contributed by atoms with Crippen molar-refractivity contribution in [2.24, 2.45) is 0 Å². The Morgan fingerprint density at radius 3 is 3.08 bits per heavy atom. The van der Waals surface area contributed by atoms with Gasteiger partial charge in [-0.3, -0.25) is 9.89 Å². The van der Waals surface area contributed by atoms with E-state index < -0.39 is 0 Å². The molecule has 4 heterocycles. The highest BCUT2D eigenvalue weighted by molar-refractivity contribution is 7.14. The van der Waals surface area contributed by atoms with Gasteiger partial charge in [-0.25, -0.2) is 9.50 Å². The molecule has 4 aromatic heterocycles. The van der Waals surface area contributed by atoms with Crippen LogP contribution in [0, 0.1) is 6.92 Å². The van der Waals surface area contributed by atoms with Crippen molar-refractivity contribution in [2.75, 3.05) is 0 Å². The van der Waals surface area contributed by atoms with Crippen LogP contribution in [0.1, 0.15) is 34.9 Å². The summed E-state index contributed by atoms with van der Waals surface area (Å²) >= 11 is 1.44. The largest absolute Gasteiger partial charge is 0.460 e. The molecule has 4 rings (SSSR count). The van der Waals surface area contributed by atoms with Crippen LogP contribution in [0.5, 0.6) is 0 Å². The number of aromatic nitrogens is 5. The van der Waals surface area contributed by atoms with Crippen LogP contribution in [0.2, 0.25) is 0 Å². The maximum absolute atomic E-state index is 12.4. The van der Waals surface area contributed by atoms with Gasteiger partial charge in [-0.05, 0) is 26.0 Å². The lowest BCUT2D eigenvalue weighted by molar-refractivity contribution is 0.0934. The molecule has 8 nitrogen and oxygen atoms in total. The molecule has 9 heteroatoms. The Labute approximate surface area is 140 Å². The Hall–Kier alpha value is -2.94. The zero-order chi connectivity index (χ0) is 16.7. The first kappa shape index (κ1) is 14.6. The highest BCUT2D eigenvalue weighted by atomic mass is 32.1. The van der Waals surface area contributed by atoms with E-state index in [0.29, 0.717) is 17.1 Å². The van der Waals surface area contributed by atoms with E-state index in [0.717, 1.165) is 16.4 Å². The van der Waals surface area contributed by atoms with Crippen LogP contribution in [0.25, 0.3) is 16.4 Å². The molecule has 0 aliphatic carbocycles. The van der Waals surface area contributed by atoms with E-state index >= 15 is 0 Å². The second kappa shape index (κ2) is 5.60. The van der Waals surface area contributed by atoms with E-state index in [9.17, 15) is 4.79 Å². The lowest BCUT2D eigenvalue weighted by Gasteiger charge is -2.09. The van der Waals surface area contributed by atoms with Crippen molar-refractivity contribution >= 4 is 22.2 Å². The molecule has 0 aliphatic heterocycles. The quantitative estimate of drug-likeness (QED) is 0.593. The fourth-order valence-electron chi connectivity index (χ4n) is 2.35. The number of fused-ring (bicyclic) bond motifs is 1. The number of hydrogen-bond acceptors (Lipinski definition) is 6. The van der Waals surface area contributed by atoms with Crippen molar-refractivity contribution in [3.8, 4) is 11.5 Å². The Kier molecular flexibility index (Phi) is 3.42. The van der Waals surface area contributed by atoms with Crippen molar-refractivity contribution in [2.45, 2.75) is 19.9 Å². The summed E-state index contributed by atoms with van der Waals surface area (Å²) in [6.07, 6.45) is 1.80. The Morgan fingerprint density at radius 2 is 2.33 bits per heavy atom. The Bertz CT molecular complexity index is 982. The Balaban J connectivity index is 1.49. The van der Waals surface area contributed by atoms with Crippen LogP contribution in [0.3, 0.4) is 0 Å². The molecule has 2 N–H and O–H groups in total. The molecule has 0 bridgehead atoms. The van der Waals surface area contributed by atoms with E-state index in [1.54, 1.807) is 22.3 Å². The zero-order valence-corrected chi connectivity index (χ0v) is 13.8. The topological polar surface area (TPSA) is 101 Å². The third kappa shape index (κ3) is 2.58. The van der Waals surface area contributed by atoms with Crippen LogP contribution < -0.4 is 5.32 Å². The van der Waals surface area contributed by atoms with Crippen molar-refractivity contribution < 1.29 is 9.21 Å². The smallest absolute Gasteiger partial charge is 0.272 e. The minimum Gasteiger partial charge on any atom is -0.460 e. The van der Waals surface area contributed by atoms with Crippen LogP contribution >= 0.6 is 11.3 Å². The summed E-state index contributed by atoms with van der Waals surface area (Å²) in [6, 6.07) is 5.10. The molecular formula is C15H14N6O2S. The predicted molar refractivity (Wildman–Crippen MR) is 87.8 cm³/mol. The van der Waals surface area contributed by atoms with Crippen molar-refractivity contribution in [3.05, 3.63) is 47.1 Å². The average molecular weight is 342 g/mol. The van der Waals surface area contributed by atoms with E-state index in [4.69, 9.17) is 4.42 Å². The van der Waals surface area contributed by atoms with Gasteiger partial charge in [0.15, 0.2) is 11.5 Å². The van der Waals surface area contributed by atoms with E-state index in [2.05, 4.69) is 25.6 Å². The highest BCUT2D eigenvalue weighted by Crippen LogP contribution is 2.21. The van der Waals surface area contributed by atoms with Gasteiger partial charge in [-0.1, -0.05) is 11.3 Å². The molecule has 4 aromatic rings. The highest BCUT2D eigenvalue weighted by Gasteiger charge is 2.18. The minimum atomic E-state index is -0.280. The molecule has 0 saturated heterocycles. The number of amides is 1. The lowest BCUT2D eigenvalue weighted by atomic mass is 10.2. The number of imidazole rings is 1. The van der Waals surface area contributed by atoms with Gasteiger partial charge < -0.3 is 9.73 Å². The summed E-state index contributed by atoms with van der Waals surface area (Å²) in [7, 11) is 0. The van der Waals surface area contributed by atoms with E-state index in [-0.39, 0.29) is 11.9 Å². The Morgan fingerprint density at radius 1 is 1.46 bits per heavy atom. The van der Waals surface area contributed by atoms with Crippen LogP contribution in [0.4, 0.5) is 0 Å². The molecule has 0 aromatic carbocycles. The molecule has 0 radical (unpaired) electrons. The molecular weight excluding hydrogens is 328 g/mol. The van der Waals surface area contributed by atoms with Crippen LogP contribution in [0.15, 0.2) is 34.3 Å². The maximum Gasteiger partial charge on any atom is 0.272 e. The number of carbonyl (C=O) groups is 1. The molecule has 24 heavy (non-hydrogen) atoms. The summed E-state index contributed by atoms with van der Waals surface area (Å²) in [6.45, 7) is 3.73. The number of hydrogen-bond donors (Lipinski definition) is 2. The number of carbonyl (C=O) groups excluding carboxylic acids is 1. The molecule has 1 amide bonds. The van der Waals surface area contributed by atoms with Gasteiger partial charge >= 0.3 is 0 Å². The molecule has 0 spiro atoms. The number of aromatic amines is 1. The van der Waals surface area contributed by atoms with Gasteiger partial charge in [0.25, 0.3) is 5.91 Å². The first-order valence-corrected chi connectivity index (χ1v) is 8.20. The number of nitrogens with one attached hydrogen (secondary N) is 2. The molecule has 122 valence electrons. The molecule has 0 saturated carbocycles. The summed E-state index contributed by atoms with van der Waals surface area (Å²) in [5, 5.41) is 13.9. The third-order valence-electron chi connectivity index (χ3n) is 3.61. The first-order valence-electron chi connectivity index (χ1n) is 7.32. The van der Waals surface area contributed by atoms with Crippen molar-refractivity contribution in [3.63, 3.8) is 0 Å².